The Bertz CT molecular complexity index is 545. The molecule has 1 aromatic carbocycles. The number of hydrogen-bond acceptors (Lipinski definition) is 4. The number of nitrogens with one attached hydrogen (secondary N) is 1. The summed E-state index contributed by atoms with van der Waals surface area (Å²) in [7, 11) is -0.384. The Kier molecular flexibility index (Phi) is 5.78. The molecule has 1 unspecified atom stereocenters. The van der Waals surface area contributed by atoms with Gasteiger partial charge < -0.3 is 10.4 Å². The van der Waals surface area contributed by atoms with E-state index in [-0.39, 0.29) is 10.3 Å². The zero-order chi connectivity index (χ0) is 16.3. The van der Waals surface area contributed by atoms with Crippen molar-refractivity contribution in [3.8, 4) is 0 Å². The van der Waals surface area contributed by atoms with Gasteiger partial charge in [-0.1, -0.05) is 20.8 Å². The molecule has 0 saturated heterocycles. The van der Waals surface area contributed by atoms with E-state index in [0.29, 0.717) is 13.0 Å². The van der Waals surface area contributed by atoms with E-state index in [1.807, 2.05) is 0 Å². The first-order valence-corrected chi connectivity index (χ1v) is 8.41. The smallest absolute Gasteiger partial charge is 0.242 e. The first-order chi connectivity index (χ1) is 9.52. The number of aliphatic hydroxyl groups excluding tert-OH is 1. The highest BCUT2D eigenvalue weighted by atomic mass is 32.2. The van der Waals surface area contributed by atoms with Gasteiger partial charge in [-0.15, -0.1) is 0 Å². The van der Waals surface area contributed by atoms with Crippen molar-refractivity contribution < 1.29 is 13.5 Å². The average molecular weight is 314 g/mol. The predicted octanol–water partition coefficient (Wildman–Crippen LogP) is 2.15. The molecule has 0 aliphatic rings. The molecule has 5 nitrogen and oxygen atoms in total. The summed E-state index contributed by atoms with van der Waals surface area (Å²) in [5.74, 6) is 0. The molecule has 120 valence electrons. The molecule has 1 rings (SSSR count). The summed E-state index contributed by atoms with van der Waals surface area (Å²) in [6.45, 7) is 6.68. The fourth-order valence-corrected chi connectivity index (χ4v) is 2.87. The Labute approximate surface area is 128 Å². The van der Waals surface area contributed by atoms with Crippen LogP contribution in [0, 0.1) is 5.41 Å². The number of aliphatic hydroxyl groups is 1. The maximum atomic E-state index is 11.9. The maximum Gasteiger partial charge on any atom is 0.242 e. The van der Waals surface area contributed by atoms with Crippen LogP contribution in [-0.2, 0) is 10.0 Å². The molecule has 1 atom stereocenters. The van der Waals surface area contributed by atoms with Gasteiger partial charge in [-0.3, -0.25) is 0 Å². The van der Waals surface area contributed by atoms with Crippen LogP contribution in [0.25, 0.3) is 0 Å². The summed E-state index contributed by atoms with van der Waals surface area (Å²) < 4.78 is 25.0. The number of nitrogens with zero attached hydrogens (tertiary/aromatic N) is 1. The summed E-state index contributed by atoms with van der Waals surface area (Å²) in [5, 5.41) is 13.1. The monoisotopic (exact) mass is 314 g/mol. The van der Waals surface area contributed by atoms with E-state index in [1.165, 1.54) is 18.4 Å². The highest BCUT2D eigenvalue weighted by Crippen LogP contribution is 2.21. The van der Waals surface area contributed by atoms with Gasteiger partial charge in [0.1, 0.15) is 0 Å². The summed E-state index contributed by atoms with van der Waals surface area (Å²) >= 11 is 0. The van der Waals surface area contributed by atoms with Gasteiger partial charge in [0, 0.05) is 26.3 Å². The van der Waals surface area contributed by atoms with Crippen LogP contribution in [0.1, 0.15) is 27.2 Å². The summed E-state index contributed by atoms with van der Waals surface area (Å²) in [4.78, 5) is 0.258. The maximum absolute atomic E-state index is 11.9. The second-order valence-electron chi connectivity index (χ2n) is 6.61. The van der Waals surface area contributed by atoms with Gasteiger partial charge in [-0.25, -0.2) is 12.7 Å². The minimum absolute atomic E-state index is 0.0741. The second-order valence-corrected chi connectivity index (χ2v) is 8.76. The van der Waals surface area contributed by atoms with E-state index in [4.69, 9.17) is 0 Å². The molecule has 0 aliphatic heterocycles. The third-order valence-electron chi connectivity index (χ3n) is 3.02. The van der Waals surface area contributed by atoms with Crippen LogP contribution in [0.5, 0.6) is 0 Å². The molecule has 0 bridgehead atoms. The summed E-state index contributed by atoms with van der Waals surface area (Å²) in [6.07, 6.45) is 0.266. The zero-order valence-electron chi connectivity index (χ0n) is 13.4. The molecule has 0 heterocycles. The van der Waals surface area contributed by atoms with Gasteiger partial charge in [0.2, 0.25) is 10.0 Å². The topological polar surface area (TPSA) is 69.6 Å². The van der Waals surface area contributed by atoms with E-state index >= 15 is 0 Å². The van der Waals surface area contributed by atoms with Crippen molar-refractivity contribution in [2.45, 2.75) is 38.2 Å². The Morgan fingerprint density at radius 2 is 1.71 bits per heavy atom. The van der Waals surface area contributed by atoms with Crippen molar-refractivity contribution >= 4 is 15.7 Å². The molecule has 0 aromatic heterocycles. The van der Waals surface area contributed by atoms with Crippen molar-refractivity contribution in [1.29, 1.82) is 0 Å². The molecule has 0 amide bonds. The first kappa shape index (κ1) is 17.9. The lowest BCUT2D eigenvalue weighted by Gasteiger charge is -2.22. The first-order valence-electron chi connectivity index (χ1n) is 6.97. The number of anilines is 1. The van der Waals surface area contributed by atoms with E-state index in [0.717, 1.165) is 5.69 Å². The third-order valence-corrected chi connectivity index (χ3v) is 4.85. The van der Waals surface area contributed by atoms with Crippen molar-refractivity contribution in [2.75, 3.05) is 26.0 Å². The van der Waals surface area contributed by atoms with Crippen LogP contribution in [0.15, 0.2) is 29.2 Å². The van der Waals surface area contributed by atoms with Crippen LogP contribution in [-0.4, -0.2) is 44.6 Å². The third kappa shape index (κ3) is 5.65. The molecule has 0 radical (unpaired) electrons. The average Bonchev–Trinajstić information content (AvgIpc) is 2.34. The number of rotatable bonds is 6. The lowest BCUT2D eigenvalue weighted by Crippen LogP contribution is -2.25. The molecule has 2 N–H and O–H groups in total. The number of benzene rings is 1. The molecule has 21 heavy (non-hydrogen) atoms. The van der Waals surface area contributed by atoms with Crippen LogP contribution < -0.4 is 5.32 Å². The van der Waals surface area contributed by atoms with Gasteiger partial charge in [0.25, 0.3) is 0 Å². The van der Waals surface area contributed by atoms with Crippen molar-refractivity contribution in [3.05, 3.63) is 24.3 Å². The quantitative estimate of drug-likeness (QED) is 0.844. The molecule has 0 fully saturated rings. The lowest BCUT2D eigenvalue weighted by atomic mass is 9.89. The molecule has 0 saturated carbocycles. The van der Waals surface area contributed by atoms with Gasteiger partial charge in [-0.2, -0.15) is 0 Å². The lowest BCUT2D eigenvalue weighted by molar-refractivity contribution is 0.132. The summed E-state index contributed by atoms with van der Waals surface area (Å²) in [5.41, 5.74) is 0.866. The highest BCUT2D eigenvalue weighted by molar-refractivity contribution is 7.89. The van der Waals surface area contributed by atoms with Crippen LogP contribution in [0.3, 0.4) is 0 Å². The Hall–Kier alpha value is -1.11. The largest absolute Gasteiger partial charge is 0.391 e. The standard InChI is InChI=1S/C15H26N2O3S/c1-15(2,3)10-13(18)11-16-12-6-8-14(9-7-12)21(19,20)17(4)5/h6-9,13,16,18H,10-11H2,1-5H3. The van der Waals surface area contributed by atoms with Crippen LogP contribution in [0.4, 0.5) is 5.69 Å². The Morgan fingerprint density at radius 3 is 2.14 bits per heavy atom. The predicted molar refractivity (Wildman–Crippen MR) is 85.9 cm³/mol. The summed E-state index contributed by atoms with van der Waals surface area (Å²) in [6, 6.07) is 6.54. The van der Waals surface area contributed by atoms with Crippen LogP contribution in [0.2, 0.25) is 0 Å². The van der Waals surface area contributed by atoms with Gasteiger partial charge in [0.15, 0.2) is 0 Å². The van der Waals surface area contributed by atoms with E-state index in [9.17, 15) is 13.5 Å². The van der Waals surface area contributed by atoms with E-state index in [1.54, 1.807) is 24.3 Å². The second kappa shape index (κ2) is 6.77. The minimum Gasteiger partial charge on any atom is -0.391 e. The van der Waals surface area contributed by atoms with E-state index < -0.39 is 16.1 Å². The molecular formula is C15H26N2O3S. The highest BCUT2D eigenvalue weighted by Gasteiger charge is 2.18. The van der Waals surface area contributed by atoms with Gasteiger partial charge in [-0.05, 0) is 36.1 Å². The number of sulfonamides is 1. The fourth-order valence-electron chi connectivity index (χ4n) is 1.97. The van der Waals surface area contributed by atoms with E-state index in [2.05, 4.69) is 26.1 Å². The molecule has 0 spiro atoms. The van der Waals surface area contributed by atoms with Crippen molar-refractivity contribution in [3.63, 3.8) is 0 Å². The fraction of sp³-hybridized carbons (Fsp3) is 0.600. The molecule has 1 aromatic rings. The molecule has 6 heteroatoms. The number of hydrogen-bond donors (Lipinski definition) is 2. The molecule has 0 aliphatic carbocycles. The Balaban J connectivity index is 2.64. The Morgan fingerprint density at radius 1 is 1.19 bits per heavy atom. The van der Waals surface area contributed by atoms with Gasteiger partial charge >= 0.3 is 0 Å². The zero-order valence-corrected chi connectivity index (χ0v) is 14.2. The van der Waals surface area contributed by atoms with Gasteiger partial charge in [0.05, 0.1) is 11.0 Å². The van der Waals surface area contributed by atoms with Crippen molar-refractivity contribution in [2.24, 2.45) is 5.41 Å². The normalized spacial score (nSPS) is 14.2. The van der Waals surface area contributed by atoms with Crippen molar-refractivity contribution in [1.82, 2.24) is 4.31 Å². The van der Waals surface area contributed by atoms with Crippen LogP contribution >= 0.6 is 0 Å². The molecular weight excluding hydrogens is 288 g/mol. The SMILES string of the molecule is CN(C)S(=O)(=O)c1ccc(NCC(O)CC(C)(C)C)cc1. The minimum atomic E-state index is -3.39.